The van der Waals surface area contributed by atoms with Crippen LogP contribution in [-0.2, 0) is 4.74 Å². The Labute approximate surface area is 118 Å². The van der Waals surface area contributed by atoms with Crippen molar-refractivity contribution in [2.75, 3.05) is 0 Å². The lowest BCUT2D eigenvalue weighted by Gasteiger charge is -2.34. The normalized spacial score (nSPS) is 16.5. The minimum atomic E-state index is -4.49. The Morgan fingerprint density at radius 1 is 1.15 bits per heavy atom. The third-order valence-corrected chi connectivity index (χ3v) is 2.65. The Kier molecular flexibility index (Phi) is 5.89. The number of amides is 1. The van der Waals surface area contributed by atoms with Gasteiger partial charge in [-0.05, 0) is 32.6 Å². The van der Waals surface area contributed by atoms with Gasteiger partial charge in [0.25, 0.3) is 0 Å². The molecule has 0 aliphatic rings. The van der Waals surface area contributed by atoms with Gasteiger partial charge in [0, 0.05) is 6.04 Å². The fraction of sp³-hybridized carbons (Fsp3) is 0.923. The molecule has 0 aliphatic carbocycles. The fourth-order valence-corrected chi connectivity index (χ4v) is 1.47. The van der Waals surface area contributed by atoms with E-state index < -0.39 is 41.8 Å². The predicted octanol–water partition coefficient (Wildman–Crippen LogP) is 3.21. The maximum Gasteiger partial charge on any atom is 0.407 e. The molecule has 0 aliphatic heterocycles. The first-order valence-electron chi connectivity index (χ1n) is 6.45. The van der Waals surface area contributed by atoms with Gasteiger partial charge < -0.3 is 15.8 Å². The molecule has 2 atom stereocenters. The van der Waals surface area contributed by atoms with E-state index in [2.05, 4.69) is 5.32 Å². The zero-order valence-electron chi connectivity index (χ0n) is 12.9. The number of alkyl halides is 3. The second kappa shape index (κ2) is 6.20. The molecule has 4 nitrogen and oxygen atoms in total. The number of alkyl carbamates (subject to hydrolysis) is 1. The van der Waals surface area contributed by atoms with Gasteiger partial charge >= 0.3 is 12.3 Å². The Morgan fingerprint density at radius 3 is 1.90 bits per heavy atom. The second-order valence-corrected chi connectivity index (χ2v) is 6.95. The molecule has 120 valence electrons. The first kappa shape index (κ1) is 19.0. The highest BCUT2D eigenvalue weighted by Gasteiger charge is 2.41. The van der Waals surface area contributed by atoms with E-state index >= 15 is 0 Å². The van der Waals surface area contributed by atoms with Crippen LogP contribution < -0.4 is 11.1 Å². The average molecular weight is 298 g/mol. The molecule has 0 aromatic carbocycles. The minimum Gasteiger partial charge on any atom is -0.444 e. The molecule has 0 spiro atoms. The van der Waals surface area contributed by atoms with Crippen molar-refractivity contribution in [3.8, 4) is 0 Å². The summed E-state index contributed by atoms with van der Waals surface area (Å²) >= 11 is 0. The lowest BCUT2D eigenvalue weighted by atomic mass is 9.83. The number of carbonyl (C=O) groups excluding carboxylic acids is 1. The summed E-state index contributed by atoms with van der Waals surface area (Å²) in [4.78, 5) is 11.7. The number of hydrogen-bond acceptors (Lipinski definition) is 3. The SMILES string of the molecule is CC(C)(C)OC(=O)NC(CC(N)C(F)(F)F)C(C)(C)C. The van der Waals surface area contributed by atoms with E-state index in [1.165, 1.54) is 0 Å². The molecule has 0 fully saturated rings. The van der Waals surface area contributed by atoms with Crippen LogP contribution in [0.1, 0.15) is 48.0 Å². The van der Waals surface area contributed by atoms with Crippen molar-refractivity contribution in [1.29, 1.82) is 0 Å². The molecule has 0 heterocycles. The summed E-state index contributed by atoms with van der Waals surface area (Å²) in [7, 11) is 0. The minimum absolute atomic E-state index is 0.397. The zero-order valence-corrected chi connectivity index (χ0v) is 12.9. The standard InChI is InChI=1S/C13H25F3N2O2/c1-11(2,3)9(7-8(17)13(14,15)16)18-10(19)20-12(4,5)6/h8-9H,7,17H2,1-6H3,(H,18,19). The highest BCUT2D eigenvalue weighted by Crippen LogP contribution is 2.28. The van der Waals surface area contributed by atoms with E-state index in [4.69, 9.17) is 10.5 Å². The smallest absolute Gasteiger partial charge is 0.407 e. The number of rotatable bonds is 3. The molecule has 7 heteroatoms. The summed E-state index contributed by atoms with van der Waals surface area (Å²) in [5.74, 6) is 0. The van der Waals surface area contributed by atoms with Crippen molar-refractivity contribution in [3.05, 3.63) is 0 Å². The molecule has 0 saturated heterocycles. The van der Waals surface area contributed by atoms with Gasteiger partial charge in [0.2, 0.25) is 0 Å². The van der Waals surface area contributed by atoms with Gasteiger partial charge in [-0.2, -0.15) is 13.2 Å². The van der Waals surface area contributed by atoms with Crippen molar-refractivity contribution in [2.24, 2.45) is 11.1 Å². The first-order valence-corrected chi connectivity index (χ1v) is 6.45. The van der Waals surface area contributed by atoms with Crippen LogP contribution in [0.3, 0.4) is 0 Å². The lowest BCUT2D eigenvalue weighted by molar-refractivity contribution is -0.151. The highest BCUT2D eigenvalue weighted by molar-refractivity contribution is 5.68. The maximum atomic E-state index is 12.5. The quantitative estimate of drug-likeness (QED) is 0.841. The van der Waals surface area contributed by atoms with Crippen LogP contribution in [0, 0.1) is 5.41 Å². The van der Waals surface area contributed by atoms with Gasteiger partial charge in [-0.3, -0.25) is 0 Å². The molecular formula is C13H25F3N2O2. The number of ether oxygens (including phenoxy) is 1. The highest BCUT2D eigenvalue weighted by atomic mass is 19.4. The molecule has 3 N–H and O–H groups in total. The Morgan fingerprint density at radius 2 is 1.60 bits per heavy atom. The number of hydrogen-bond donors (Lipinski definition) is 2. The molecule has 1 amide bonds. The molecule has 20 heavy (non-hydrogen) atoms. The summed E-state index contributed by atoms with van der Waals surface area (Å²) < 4.78 is 42.7. The summed E-state index contributed by atoms with van der Waals surface area (Å²) in [6, 6.07) is -2.73. The van der Waals surface area contributed by atoms with Gasteiger partial charge in [-0.1, -0.05) is 20.8 Å². The van der Waals surface area contributed by atoms with Gasteiger partial charge in [-0.25, -0.2) is 4.79 Å². The monoisotopic (exact) mass is 298 g/mol. The fourth-order valence-electron chi connectivity index (χ4n) is 1.47. The number of nitrogens with one attached hydrogen (secondary N) is 1. The predicted molar refractivity (Wildman–Crippen MR) is 71.3 cm³/mol. The van der Waals surface area contributed by atoms with Crippen LogP contribution in [-0.4, -0.2) is 30.0 Å². The van der Waals surface area contributed by atoms with E-state index in [-0.39, 0.29) is 0 Å². The van der Waals surface area contributed by atoms with E-state index in [1.807, 2.05) is 0 Å². The van der Waals surface area contributed by atoms with Crippen LogP contribution in [0.4, 0.5) is 18.0 Å². The number of halogens is 3. The Hall–Kier alpha value is -0.980. The third kappa shape index (κ3) is 7.57. The Balaban J connectivity index is 4.81. The second-order valence-electron chi connectivity index (χ2n) is 6.95. The number of carbonyl (C=O) groups is 1. The molecule has 0 rings (SSSR count). The molecule has 0 bridgehead atoms. The van der Waals surface area contributed by atoms with Gasteiger partial charge in [0.1, 0.15) is 11.6 Å². The molecule has 0 saturated carbocycles. The molecule has 0 radical (unpaired) electrons. The van der Waals surface area contributed by atoms with Crippen molar-refractivity contribution >= 4 is 6.09 Å². The summed E-state index contributed by atoms with van der Waals surface area (Å²) in [6.07, 6.45) is -5.63. The van der Waals surface area contributed by atoms with Crippen molar-refractivity contribution < 1.29 is 22.7 Å². The van der Waals surface area contributed by atoms with Gasteiger partial charge in [0.05, 0.1) is 0 Å². The maximum absolute atomic E-state index is 12.5. The van der Waals surface area contributed by atoms with E-state index in [0.717, 1.165) is 0 Å². The summed E-state index contributed by atoms with van der Waals surface area (Å²) in [6.45, 7) is 10.2. The molecular weight excluding hydrogens is 273 g/mol. The van der Waals surface area contributed by atoms with Gasteiger partial charge in [-0.15, -0.1) is 0 Å². The molecule has 0 aromatic rings. The van der Waals surface area contributed by atoms with Crippen molar-refractivity contribution in [3.63, 3.8) is 0 Å². The lowest BCUT2D eigenvalue weighted by Crippen LogP contribution is -2.51. The van der Waals surface area contributed by atoms with Crippen LogP contribution in [0.25, 0.3) is 0 Å². The van der Waals surface area contributed by atoms with E-state index in [0.29, 0.717) is 0 Å². The van der Waals surface area contributed by atoms with E-state index in [9.17, 15) is 18.0 Å². The third-order valence-electron chi connectivity index (χ3n) is 2.65. The molecule has 2 unspecified atom stereocenters. The zero-order chi connectivity index (χ0) is 16.4. The molecule has 0 aromatic heterocycles. The van der Waals surface area contributed by atoms with Crippen molar-refractivity contribution in [2.45, 2.75) is 71.8 Å². The van der Waals surface area contributed by atoms with Crippen LogP contribution in [0.2, 0.25) is 0 Å². The van der Waals surface area contributed by atoms with E-state index in [1.54, 1.807) is 41.5 Å². The first-order chi connectivity index (χ1) is 8.63. The van der Waals surface area contributed by atoms with Gasteiger partial charge in [0.15, 0.2) is 0 Å². The average Bonchev–Trinajstić information content (AvgIpc) is 2.09. The topological polar surface area (TPSA) is 64.3 Å². The largest absolute Gasteiger partial charge is 0.444 e. The summed E-state index contributed by atoms with van der Waals surface area (Å²) in [5.41, 5.74) is 3.85. The Bertz CT molecular complexity index is 330. The van der Waals surface area contributed by atoms with Crippen LogP contribution >= 0.6 is 0 Å². The van der Waals surface area contributed by atoms with Crippen molar-refractivity contribution in [1.82, 2.24) is 5.32 Å². The number of nitrogens with two attached hydrogens (primary N) is 1. The van der Waals surface area contributed by atoms with Crippen LogP contribution in [0.5, 0.6) is 0 Å². The summed E-state index contributed by atoms with van der Waals surface area (Å²) in [5, 5.41) is 2.48. The van der Waals surface area contributed by atoms with Crippen LogP contribution in [0.15, 0.2) is 0 Å².